The molecule has 0 aliphatic rings. The fraction of sp³-hybridized carbons (Fsp3) is 0. The van der Waals surface area contributed by atoms with E-state index in [1.165, 1.54) is 5.39 Å². The Kier molecular flexibility index (Phi) is 2.48. The van der Waals surface area contributed by atoms with Crippen LogP contribution in [0.5, 0.6) is 0 Å². The topological polar surface area (TPSA) is 52.5 Å². The lowest BCUT2D eigenvalue weighted by Gasteiger charge is -2.03. The van der Waals surface area contributed by atoms with Crippen LogP contribution in [0.4, 0.5) is 0 Å². The molecule has 4 aromatic rings. The third-order valence-corrected chi connectivity index (χ3v) is 3.69. The lowest BCUT2D eigenvalue weighted by Crippen LogP contribution is -1.86. The average Bonchev–Trinajstić information content (AvgIpc) is 2.93. The second-order valence-electron chi connectivity index (χ2n) is 4.95. The third kappa shape index (κ3) is 1.78. The number of H-pyrrole nitrogens is 1. The molecule has 0 atom stereocenters. The zero-order chi connectivity index (χ0) is 14.2. The second kappa shape index (κ2) is 4.46. The number of aromatic nitrogens is 2. The van der Waals surface area contributed by atoms with Crippen molar-refractivity contribution >= 4 is 21.8 Å². The summed E-state index contributed by atoms with van der Waals surface area (Å²) < 4.78 is 0. The van der Waals surface area contributed by atoms with Gasteiger partial charge in [0.05, 0.1) is 22.8 Å². The summed E-state index contributed by atoms with van der Waals surface area (Å²) in [6.07, 6.45) is 1.82. The number of rotatable bonds is 1. The monoisotopic (exact) mass is 269 g/mol. The fourth-order valence-electron chi connectivity index (χ4n) is 2.73. The molecule has 1 N–H and O–H groups in total. The highest BCUT2D eigenvalue weighted by Gasteiger charge is 2.10. The van der Waals surface area contributed by atoms with Crippen LogP contribution in [-0.2, 0) is 0 Å². The standard InChI is InChI=1S/C18H11N3/c19-11-12-4-3-5-13(10-12)17-18-15(8-9-20-17)14-6-1-2-7-16(14)21-18/h1-10,21H. The Hall–Kier alpha value is -3.12. The number of nitriles is 1. The number of benzene rings is 2. The summed E-state index contributed by atoms with van der Waals surface area (Å²) in [5, 5.41) is 11.4. The van der Waals surface area contributed by atoms with Crippen LogP contribution in [0.25, 0.3) is 33.1 Å². The quantitative estimate of drug-likeness (QED) is 0.561. The SMILES string of the molecule is N#Cc1cccc(-c2nccc3c2[nH]c2ccccc23)c1. The Balaban J connectivity index is 2.07. The van der Waals surface area contributed by atoms with Crippen LogP contribution in [0.3, 0.4) is 0 Å². The largest absolute Gasteiger partial charge is 0.353 e. The third-order valence-electron chi connectivity index (χ3n) is 3.69. The van der Waals surface area contributed by atoms with Crippen molar-refractivity contribution in [3.63, 3.8) is 0 Å². The molecule has 0 spiro atoms. The van der Waals surface area contributed by atoms with E-state index in [9.17, 15) is 0 Å². The number of hydrogen-bond acceptors (Lipinski definition) is 2. The van der Waals surface area contributed by atoms with E-state index in [2.05, 4.69) is 28.2 Å². The van der Waals surface area contributed by atoms with Crippen molar-refractivity contribution in [1.29, 1.82) is 5.26 Å². The van der Waals surface area contributed by atoms with Gasteiger partial charge in [-0.05, 0) is 24.3 Å². The van der Waals surface area contributed by atoms with Gasteiger partial charge < -0.3 is 4.98 Å². The Morgan fingerprint density at radius 1 is 0.952 bits per heavy atom. The molecule has 0 unspecified atom stereocenters. The molecule has 3 nitrogen and oxygen atoms in total. The van der Waals surface area contributed by atoms with E-state index in [-0.39, 0.29) is 0 Å². The molecule has 0 fully saturated rings. The molecule has 2 heterocycles. The number of nitrogens with zero attached hydrogens (tertiary/aromatic N) is 2. The van der Waals surface area contributed by atoms with Crippen molar-refractivity contribution in [1.82, 2.24) is 9.97 Å². The van der Waals surface area contributed by atoms with Gasteiger partial charge in [0.25, 0.3) is 0 Å². The highest BCUT2D eigenvalue weighted by atomic mass is 14.8. The Morgan fingerprint density at radius 3 is 2.76 bits per heavy atom. The minimum Gasteiger partial charge on any atom is -0.353 e. The van der Waals surface area contributed by atoms with Gasteiger partial charge in [-0.15, -0.1) is 0 Å². The van der Waals surface area contributed by atoms with Crippen molar-refractivity contribution < 1.29 is 0 Å². The smallest absolute Gasteiger partial charge is 0.0991 e. The van der Waals surface area contributed by atoms with Gasteiger partial charge >= 0.3 is 0 Å². The number of hydrogen-bond donors (Lipinski definition) is 1. The molecule has 0 bridgehead atoms. The maximum absolute atomic E-state index is 9.06. The van der Waals surface area contributed by atoms with Gasteiger partial charge in [-0.2, -0.15) is 5.26 Å². The average molecular weight is 269 g/mol. The first kappa shape index (κ1) is 11.7. The van der Waals surface area contributed by atoms with Gasteiger partial charge in [0.2, 0.25) is 0 Å². The van der Waals surface area contributed by atoms with E-state index in [0.717, 1.165) is 27.7 Å². The highest BCUT2D eigenvalue weighted by molar-refractivity contribution is 6.10. The molecule has 4 rings (SSSR count). The number of nitrogens with one attached hydrogen (secondary N) is 1. The first-order chi connectivity index (χ1) is 10.4. The van der Waals surface area contributed by atoms with E-state index in [1.54, 1.807) is 6.07 Å². The van der Waals surface area contributed by atoms with E-state index in [4.69, 9.17) is 5.26 Å². The zero-order valence-electron chi connectivity index (χ0n) is 11.2. The maximum Gasteiger partial charge on any atom is 0.0991 e. The normalized spacial score (nSPS) is 10.8. The van der Waals surface area contributed by atoms with Crippen LogP contribution in [0.15, 0.2) is 60.8 Å². The van der Waals surface area contributed by atoms with Crippen LogP contribution in [0, 0.1) is 11.3 Å². The van der Waals surface area contributed by atoms with Crippen molar-refractivity contribution in [3.8, 4) is 17.3 Å². The van der Waals surface area contributed by atoms with Crippen molar-refractivity contribution in [2.75, 3.05) is 0 Å². The van der Waals surface area contributed by atoms with Crippen molar-refractivity contribution in [2.45, 2.75) is 0 Å². The summed E-state index contributed by atoms with van der Waals surface area (Å²) in [5.74, 6) is 0. The first-order valence-corrected chi connectivity index (χ1v) is 6.73. The van der Waals surface area contributed by atoms with Gasteiger partial charge in [0, 0.05) is 28.0 Å². The minimum absolute atomic E-state index is 0.641. The molecule has 0 amide bonds. The van der Waals surface area contributed by atoms with E-state index in [0.29, 0.717) is 5.56 Å². The van der Waals surface area contributed by atoms with Crippen LogP contribution < -0.4 is 0 Å². The van der Waals surface area contributed by atoms with Crippen LogP contribution >= 0.6 is 0 Å². The summed E-state index contributed by atoms with van der Waals surface area (Å²) in [4.78, 5) is 7.94. The van der Waals surface area contributed by atoms with Crippen molar-refractivity contribution in [2.24, 2.45) is 0 Å². The van der Waals surface area contributed by atoms with Gasteiger partial charge in [-0.3, -0.25) is 4.98 Å². The molecule has 0 aliphatic heterocycles. The van der Waals surface area contributed by atoms with Crippen LogP contribution in [0.1, 0.15) is 5.56 Å². The van der Waals surface area contributed by atoms with Gasteiger partial charge in [0.15, 0.2) is 0 Å². The van der Waals surface area contributed by atoms with Gasteiger partial charge in [0.1, 0.15) is 0 Å². The molecule has 2 aromatic heterocycles. The summed E-state index contributed by atoms with van der Waals surface area (Å²) in [6, 6.07) is 19.9. The summed E-state index contributed by atoms with van der Waals surface area (Å²) >= 11 is 0. The molecule has 0 aliphatic carbocycles. The lowest BCUT2D eigenvalue weighted by molar-refractivity contribution is 1.34. The van der Waals surface area contributed by atoms with Crippen LogP contribution in [-0.4, -0.2) is 9.97 Å². The molecule has 2 aromatic carbocycles. The summed E-state index contributed by atoms with van der Waals surface area (Å²) in [6.45, 7) is 0. The Labute approximate surface area is 121 Å². The summed E-state index contributed by atoms with van der Waals surface area (Å²) in [7, 11) is 0. The molecule has 0 radical (unpaired) electrons. The van der Waals surface area contributed by atoms with Crippen molar-refractivity contribution in [3.05, 3.63) is 66.4 Å². The highest BCUT2D eigenvalue weighted by Crippen LogP contribution is 2.31. The molecule has 0 saturated carbocycles. The Bertz CT molecular complexity index is 1010. The molecular weight excluding hydrogens is 258 g/mol. The minimum atomic E-state index is 0.641. The molecule has 98 valence electrons. The molecule has 0 saturated heterocycles. The fourth-order valence-corrected chi connectivity index (χ4v) is 2.73. The van der Waals surface area contributed by atoms with E-state index < -0.39 is 0 Å². The van der Waals surface area contributed by atoms with Gasteiger partial charge in [-0.1, -0.05) is 30.3 Å². The van der Waals surface area contributed by atoms with E-state index >= 15 is 0 Å². The number of aromatic amines is 1. The maximum atomic E-state index is 9.06. The van der Waals surface area contributed by atoms with Crippen LogP contribution in [0.2, 0.25) is 0 Å². The predicted molar refractivity (Wildman–Crippen MR) is 83.8 cm³/mol. The number of fused-ring (bicyclic) bond motifs is 3. The molecule has 3 heteroatoms. The molecule has 21 heavy (non-hydrogen) atoms. The number of pyridine rings is 1. The number of para-hydroxylation sites is 1. The first-order valence-electron chi connectivity index (χ1n) is 6.73. The zero-order valence-corrected chi connectivity index (χ0v) is 11.2. The Morgan fingerprint density at radius 2 is 1.86 bits per heavy atom. The summed E-state index contributed by atoms with van der Waals surface area (Å²) in [5.41, 5.74) is 4.57. The lowest BCUT2D eigenvalue weighted by atomic mass is 10.1. The van der Waals surface area contributed by atoms with Gasteiger partial charge in [-0.25, -0.2) is 0 Å². The van der Waals surface area contributed by atoms with E-state index in [1.807, 2.05) is 42.6 Å². The predicted octanol–water partition coefficient (Wildman–Crippen LogP) is 4.25. The molecular formula is C18H11N3. The second-order valence-corrected chi connectivity index (χ2v) is 4.95.